The molecule has 1 amide bonds. The first-order valence-corrected chi connectivity index (χ1v) is 10.7. The molecule has 9 heteroatoms. The number of rotatable bonds is 7. The number of fused-ring (bicyclic) bond motifs is 1. The molecule has 32 heavy (non-hydrogen) atoms. The Bertz CT molecular complexity index is 1270. The van der Waals surface area contributed by atoms with Gasteiger partial charge in [0.1, 0.15) is 23.7 Å². The first-order chi connectivity index (χ1) is 15.4. The van der Waals surface area contributed by atoms with Crippen molar-refractivity contribution >= 4 is 39.1 Å². The van der Waals surface area contributed by atoms with Crippen LogP contribution < -0.4 is 10.1 Å². The Labute approximate surface area is 188 Å². The molecule has 164 valence electrons. The number of hydrogen-bond acceptors (Lipinski definition) is 8. The Hall–Kier alpha value is -3.72. The Morgan fingerprint density at radius 1 is 1.12 bits per heavy atom. The van der Waals surface area contributed by atoms with Gasteiger partial charge in [0.2, 0.25) is 0 Å². The third-order valence-corrected chi connectivity index (χ3v) is 5.70. The molecule has 2 aromatic carbocycles. The van der Waals surface area contributed by atoms with Gasteiger partial charge in [0.25, 0.3) is 5.91 Å². The van der Waals surface area contributed by atoms with Gasteiger partial charge in [-0.2, -0.15) is 0 Å². The van der Waals surface area contributed by atoms with Crippen LogP contribution in [0.2, 0.25) is 0 Å². The number of benzene rings is 2. The summed E-state index contributed by atoms with van der Waals surface area (Å²) in [5.74, 6) is -0.118. The summed E-state index contributed by atoms with van der Waals surface area (Å²) in [5.41, 5.74) is 2.57. The molecular formula is C23H21N3O5S. The molecule has 0 saturated carbocycles. The Morgan fingerprint density at radius 3 is 2.53 bits per heavy atom. The zero-order valence-corrected chi connectivity index (χ0v) is 18.6. The fraction of sp³-hybridized carbons (Fsp3) is 0.217. The topological polar surface area (TPSA) is 104 Å². The normalized spacial score (nSPS) is 10.8. The van der Waals surface area contributed by atoms with Gasteiger partial charge in [-0.25, -0.2) is 9.78 Å². The zero-order chi connectivity index (χ0) is 22.7. The predicted molar refractivity (Wildman–Crippen MR) is 120 cm³/mol. The molecule has 4 rings (SSSR count). The number of hydrogen-bond donors (Lipinski definition) is 1. The fourth-order valence-electron chi connectivity index (χ4n) is 3.13. The highest BCUT2D eigenvalue weighted by molar-refractivity contribution is 7.13. The number of carbonyl (C=O) groups is 2. The molecule has 2 heterocycles. The lowest BCUT2D eigenvalue weighted by atomic mass is 10.1. The average molecular weight is 452 g/mol. The number of nitrogens with zero attached hydrogens (tertiary/aromatic N) is 2. The number of aromatic nitrogens is 2. The van der Waals surface area contributed by atoms with Gasteiger partial charge in [0.05, 0.1) is 17.0 Å². The molecule has 2 aromatic heterocycles. The van der Waals surface area contributed by atoms with E-state index in [-0.39, 0.29) is 12.2 Å². The molecule has 4 aromatic rings. The van der Waals surface area contributed by atoms with E-state index in [1.54, 1.807) is 19.1 Å². The van der Waals surface area contributed by atoms with Gasteiger partial charge in [-0.3, -0.25) is 10.1 Å². The van der Waals surface area contributed by atoms with E-state index in [1.165, 1.54) is 11.3 Å². The van der Waals surface area contributed by atoms with Crippen LogP contribution >= 0.6 is 11.3 Å². The summed E-state index contributed by atoms with van der Waals surface area (Å²) in [7, 11) is 0. The van der Waals surface area contributed by atoms with Crippen LogP contribution in [-0.2, 0) is 16.1 Å². The molecule has 0 spiro atoms. The Morgan fingerprint density at radius 2 is 1.88 bits per heavy atom. The quantitative estimate of drug-likeness (QED) is 0.410. The molecule has 0 bridgehead atoms. The number of nitrogens with one attached hydrogen (secondary N) is 1. The molecule has 0 aliphatic carbocycles. The van der Waals surface area contributed by atoms with E-state index in [4.69, 9.17) is 14.0 Å². The van der Waals surface area contributed by atoms with E-state index < -0.39 is 18.5 Å². The van der Waals surface area contributed by atoms with Crippen molar-refractivity contribution in [1.29, 1.82) is 0 Å². The molecule has 0 atom stereocenters. The lowest BCUT2D eigenvalue weighted by Gasteiger charge is -2.13. The Balaban J connectivity index is 1.52. The summed E-state index contributed by atoms with van der Waals surface area (Å²) < 4.78 is 16.4. The lowest BCUT2D eigenvalue weighted by molar-refractivity contribution is -0.119. The molecule has 8 nitrogen and oxygen atoms in total. The van der Waals surface area contributed by atoms with Crippen LogP contribution in [0.4, 0.5) is 5.13 Å². The van der Waals surface area contributed by atoms with E-state index in [0.717, 1.165) is 27.7 Å². The first-order valence-electron chi connectivity index (χ1n) is 9.87. The summed E-state index contributed by atoms with van der Waals surface area (Å²) in [6.07, 6.45) is 0. The van der Waals surface area contributed by atoms with Crippen molar-refractivity contribution in [3.05, 3.63) is 70.1 Å². The summed E-state index contributed by atoms with van der Waals surface area (Å²) in [4.78, 5) is 29.1. The number of esters is 1. The van der Waals surface area contributed by atoms with E-state index >= 15 is 0 Å². The average Bonchev–Trinajstić information content (AvgIpc) is 3.33. The van der Waals surface area contributed by atoms with E-state index in [2.05, 4.69) is 15.5 Å². The van der Waals surface area contributed by atoms with Crippen LogP contribution in [0.1, 0.15) is 33.1 Å². The van der Waals surface area contributed by atoms with Gasteiger partial charge in [-0.15, -0.1) is 11.3 Å². The molecular weight excluding hydrogens is 430 g/mol. The summed E-state index contributed by atoms with van der Waals surface area (Å²) in [5, 5.41) is 10.6. The predicted octanol–water partition coefficient (Wildman–Crippen LogP) is 4.58. The maximum Gasteiger partial charge on any atom is 0.342 e. The van der Waals surface area contributed by atoms with Gasteiger partial charge in [0.15, 0.2) is 11.7 Å². The van der Waals surface area contributed by atoms with Gasteiger partial charge in [-0.1, -0.05) is 29.4 Å². The smallest absolute Gasteiger partial charge is 0.342 e. The molecule has 1 N–H and O–H groups in total. The second-order valence-corrected chi connectivity index (χ2v) is 8.06. The Kier molecular flexibility index (Phi) is 6.18. The standard InChI is InChI=1S/C23H21N3O5S/c1-13-12-32-23(24-13)25-21(27)11-30-22(28)18-8-16-6-4-5-7-17(16)9-20(18)29-10-19-14(2)26-31-15(19)3/h4-9,12H,10-11H2,1-3H3,(H,24,25,27). The van der Waals surface area contributed by atoms with Gasteiger partial charge in [-0.05, 0) is 43.7 Å². The van der Waals surface area contributed by atoms with Crippen LogP contribution in [0.3, 0.4) is 0 Å². The lowest BCUT2D eigenvalue weighted by Crippen LogP contribution is -2.21. The molecule has 0 radical (unpaired) electrons. The minimum Gasteiger partial charge on any atom is -0.488 e. The minimum atomic E-state index is -0.657. The largest absolute Gasteiger partial charge is 0.488 e. The summed E-state index contributed by atoms with van der Waals surface area (Å²) in [6.45, 7) is 5.21. The van der Waals surface area contributed by atoms with Crippen LogP contribution in [0.5, 0.6) is 5.75 Å². The summed E-state index contributed by atoms with van der Waals surface area (Å²) in [6, 6.07) is 11.1. The van der Waals surface area contributed by atoms with Crippen molar-refractivity contribution in [2.24, 2.45) is 0 Å². The van der Waals surface area contributed by atoms with Gasteiger partial charge in [0, 0.05) is 5.38 Å². The number of ether oxygens (including phenoxy) is 2. The highest BCUT2D eigenvalue weighted by Crippen LogP contribution is 2.28. The van der Waals surface area contributed by atoms with Crippen molar-refractivity contribution < 1.29 is 23.6 Å². The monoisotopic (exact) mass is 451 g/mol. The van der Waals surface area contributed by atoms with Gasteiger partial charge < -0.3 is 14.0 Å². The second-order valence-electron chi connectivity index (χ2n) is 7.21. The highest BCUT2D eigenvalue weighted by Gasteiger charge is 2.19. The highest BCUT2D eigenvalue weighted by atomic mass is 32.1. The SMILES string of the molecule is Cc1csc(NC(=O)COC(=O)c2cc3ccccc3cc2OCc2c(C)noc2C)n1. The molecule has 0 aliphatic rings. The van der Waals surface area contributed by atoms with E-state index in [1.807, 2.05) is 43.5 Å². The first kappa shape index (κ1) is 21.5. The number of amides is 1. The number of thiazole rings is 1. The maximum absolute atomic E-state index is 12.8. The van der Waals surface area contributed by atoms with Crippen molar-refractivity contribution in [3.8, 4) is 5.75 Å². The molecule has 0 fully saturated rings. The van der Waals surface area contributed by atoms with Gasteiger partial charge >= 0.3 is 5.97 Å². The maximum atomic E-state index is 12.8. The van der Waals surface area contributed by atoms with Crippen molar-refractivity contribution in [2.75, 3.05) is 11.9 Å². The number of carbonyl (C=O) groups excluding carboxylic acids is 2. The van der Waals surface area contributed by atoms with Crippen molar-refractivity contribution in [1.82, 2.24) is 10.1 Å². The van der Waals surface area contributed by atoms with Crippen LogP contribution in [0.25, 0.3) is 10.8 Å². The second kappa shape index (κ2) is 9.19. The molecule has 0 unspecified atom stereocenters. The fourth-order valence-corrected chi connectivity index (χ4v) is 3.84. The van der Waals surface area contributed by atoms with E-state index in [9.17, 15) is 9.59 Å². The third-order valence-electron chi connectivity index (χ3n) is 4.82. The van der Waals surface area contributed by atoms with Crippen LogP contribution in [-0.4, -0.2) is 28.6 Å². The third kappa shape index (κ3) is 4.78. The summed E-state index contributed by atoms with van der Waals surface area (Å²) >= 11 is 1.30. The number of aryl methyl sites for hydroxylation is 3. The zero-order valence-electron chi connectivity index (χ0n) is 17.8. The van der Waals surface area contributed by atoms with Crippen molar-refractivity contribution in [3.63, 3.8) is 0 Å². The van der Waals surface area contributed by atoms with Crippen molar-refractivity contribution in [2.45, 2.75) is 27.4 Å². The minimum absolute atomic E-state index is 0.184. The van der Waals surface area contributed by atoms with Crippen LogP contribution in [0.15, 0.2) is 46.3 Å². The van der Waals surface area contributed by atoms with Crippen LogP contribution in [0, 0.1) is 20.8 Å². The molecule has 0 aliphatic heterocycles. The van der Waals surface area contributed by atoms with E-state index in [0.29, 0.717) is 16.6 Å². The molecule has 0 saturated heterocycles. The number of anilines is 1.